The molecule has 1 atom stereocenters. The van der Waals surface area contributed by atoms with E-state index in [2.05, 4.69) is 6.07 Å². The standard InChI is InChI=1S/C18H16ClNO3S/c1-2-22-18(21)17-15(11-5-7-12(19)8-6-11)13(10-20)16(24-17)14-4-3-9-23-14/h5-8,14H,2-4,9H2,1H3. The first-order chi connectivity index (χ1) is 11.7. The summed E-state index contributed by atoms with van der Waals surface area (Å²) in [5.74, 6) is -0.409. The lowest BCUT2D eigenvalue weighted by molar-refractivity contribution is 0.0533. The Hall–Kier alpha value is -1.87. The molecule has 0 N–H and O–H groups in total. The zero-order valence-corrected chi connectivity index (χ0v) is 14.7. The van der Waals surface area contributed by atoms with Crippen molar-refractivity contribution in [3.63, 3.8) is 0 Å². The third-order valence-corrected chi connectivity index (χ3v) is 5.38. The summed E-state index contributed by atoms with van der Waals surface area (Å²) in [6.45, 7) is 2.73. The fourth-order valence-electron chi connectivity index (χ4n) is 2.80. The smallest absolute Gasteiger partial charge is 0.348 e. The van der Waals surface area contributed by atoms with Crippen molar-refractivity contribution in [2.75, 3.05) is 13.2 Å². The van der Waals surface area contributed by atoms with Gasteiger partial charge < -0.3 is 9.47 Å². The molecular formula is C18H16ClNO3S. The minimum atomic E-state index is -0.409. The van der Waals surface area contributed by atoms with E-state index in [1.807, 2.05) is 12.1 Å². The Labute approximate surface area is 149 Å². The van der Waals surface area contributed by atoms with Crippen LogP contribution in [0.5, 0.6) is 0 Å². The Morgan fingerprint density at radius 2 is 2.21 bits per heavy atom. The molecule has 1 aliphatic heterocycles. The van der Waals surface area contributed by atoms with Crippen LogP contribution in [0.3, 0.4) is 0 Å². The third-order valence-electron chi connectivity index (χ3n) is 3.86. The lowest BCUT2D eigenvalue weighted by atomic mass is 9.99. The highest BCUT2D eigenvalue weighted by Gasteiger charge is 2.30. The van der Waals surface area contributed by atoms with E-state index in [0.717, 1.165) is 23.3 Å². The molecule has 0 radical (unpaired) electrons. The van der Waals surface area contributed by atoms with Gasteiger partial charge in [-0.15, -0.1) is 11.3 Å². The van der Waals surface area contributed by atoms with E-state index in [4.69, 9.17) is 21.1 Å². The van der Waals surface area contributed by atoms with Gasteiger partial charge in [-0.25, -0.2) is 4.79 Å². The first-order valence-electron chi connectivity index (χ1n) is 7.77. The van der Waals surface area contributed by atoms with Gasteiger partial charge in [0, 0.05) is 17.2 Å². The number of halogens is 1. The molecule has 2 aromatic rings. The molecule has 1 aromatic heterocycles. The maximum Gasteiger partial charge on any atom is 0.348 e. The zero-order chi connectivity index (χ0) is 17.1. The molecule has 1 saturated heterocycles. The van der Waals surface area contributed by atoms with Gasteiger partial charge in [0.1, 0.15) is 10.9 Å². The minimum absolute atomic E-state index is 0.126. The van der Waals surface area contributed by atoms with E-state index >= 15 is 0 Å². The highest BCUT2D eigenvalue weighted by molar-refractivity contribution is 7.14. The van der Waals surface area contributed by atoms with Crippen molar-refractivity contribution < 1.29 is 14.3 Å². The summed E-state index contributed by atoms with van der Waals surface area (Å²) in [6.07, 6.45) is 1.69. The van der Waals surface area contributed by atoms with E-state index < -0.39 is 5.97 Å². The second-order valence-electron chi connectivity index (χ2n) is 5.39. The summed E-state index contributed by atoms with van der Waals surface area (Å²) in [7, 11) is 0. The molecule has 4 nitrogen and oxygen atoms in total. The van der Waals surface area contributed by atoms with Crippen molar-refractivity contribution in [2.45, 2.75) is 25.9 Å². The highest BCUT2D eigenvalue weighted by atomic mass is 35.5. The summed E-state index contributed by atoms with van der Waals surface area (Å²) >= 11 is 7.26. The van der Waals surface area contributed by atoms with Crippen molar-refractivity contribution in [3.05, 3.63) is 44.6 Å². The molecule has 0 spiro atoms. The Bertz CT molecular complexity index is 786. The Morgan fingerprint density at radius 1 is 1.46 bits per heavy atom. The molecule has 1 aliphatic rings. The fraction of sp³-hybridized carbons (Fsp3) is 0.333. The number of carbonyl (C=O) groups is 1. The van der Waals surface area contributed by atoms with Gasteiger partial charge in [0.15, 0.2) is 0 Å². The number of nitriles is 1. The van der Waals surface area contributed by atoms with Gasteiger partial charge >= 0.3 is 5.97 Å². The first-order valence-corrected chi connectivity index (χ1v) is 8.96. The van der Waals surface area contributed by atoms with E-state index in [-0.39, 0.29) is 12.7 Å². The fourth-order valence-corrected chi connectivity index (χ4v) is 4.18. The Morgan fingerprint density at radius 3 is 2.79 bits per heavy atom. The van der Waals surface area contributed by atoms with Crippen molar-refractivity contribution >= 4 is 28.9 Å². The number of thiophene rings is 1. The van der Waals surface area contributed by atoms with Gasteiger partial charge in [0.25, 0.3) is 0 Å². The molecule has 1 unspecified atom stereocenters. The van der Waals surface area contributed by atoms with Crippen LogP contribution in [0.4, 0.5) is 0 Å². The number of esters is 1. The summed E-state index contributed by atoms with van der Waals surface area (Å²) in [5, 5.41) is 10.3. The molecule has 1 aromatic carbocycles. The van der Waals surface area contributed by atoms with Crippen LogP contribution < -0.4 is 0 Å². The summed E-state index contributed by atoms with van der Waals surface area (Å²) in [4.78, 5) is 13.7. The van der Waals surface area contributed by atoms with Crippen LogP contribution in [0, 0.1) is 11.3 Å². The maximum absolute atomic E-state index is 12.4. The molecular weight excluding hydrogens is 346 g/mol. The normalized spacial score (nSPS) is 16.8. The molecule has 0 saturated carbocycles. The molecule has 0 amide bonds. The number of benzene rings is 1. The van der Waals surface area contributed by atoms with Gasteiger partial charge in [-0.05, 0) is 37.5 Å². The van der Waals surface area contributed by atoms with E-state index in [0.29, 0.717) is 27.6 Å². The molecule has 2 heterocycles. The minimum Gasteiger partial charge on any atom is -0.462 e. The lowest BCUT2D eigenvalue weighted by Gasteiger charge is -2.07. The molecule has 6 heteroatoms. The zero-order valence-electron chi connectivity index (χ0n) is 13.2. The second kappa shape index (κ2) is 7.35. The predicted octanol–water partition coefficient (Wildman–Crippen LogP) is 4.97. The van der Waals surface area contributed by atoms with Crippen LogP contribution in [0.25, 0.3) is 11.1 Å². The summed E-state index contributed by atoms with van der Waals surface area (Å²) in [5.41, 5.74) is 1.89. The third kappa shape index (κ3) is 3.18. The second-order valence-corrected chi connectivity index (χ2v) is 6.87. The molecule has 0 bridgehead atoms. The van der Waals surface area contributed by atoms with Gasteiger partial charge in [0.2, 0.25) is 0 Å². The Kier molecular flexibility index (Phi) is 5.20. The molecule has 3 rings (SSSR count). The summed E-state index contributed by atoms with van der Waals surface area (Å²) in [6, 6.07) is 9.38. The maximum atomic E-state index is 12.4. The average molecular weight is 362 g/mol. The van der Waals surface area contributed by atoms with Crippen LogP contribution in [0.2, 0.25) is 5.02 Å². The van der Waals surface area contributed by atoms with E-state index in [9.17, 15) is 10.1 Å². The predicted molar refractivity (Wildman–Crippen MR) is 93.4 cm³/mol. The average Bonchev–Trinajstić information content (AvgIpc) is 3.22. The molecule has 1 fully saturated rings. The van der Waals surface area contributed by atoms with Gasteiger partial charge in [-0.3, -0.25) is 0 Å². The van der Waals surface area contributed by atoms with E-state index in [1.165, 1.54) is 11.3 Å². The van der Waals surface area contributed by atoms with Crippen LogP contribution in [-0.2, 0) is 9.47 Å². The van der Waals surface area contributed by atoms with Gasteiger partial charge in [-0.1, -0.05) is 23.7 Å². The SMILES string of the molecule is CCOC(=O)c1sc(C2CCCO2)c(C#N)c1-c1ccc(Cl)cc1. The number of ether oxygens (including phenoxy) is 2. The monoisotopic (exact) mass is 361 g/mol. The van der Waals surface area contributed by atoms with Crippen molar-refractivity contribution in [1.29, 1.82) is 5.26 Å². The van der Waals surface area contributed by atoms with Crippen LogP contribution in [0.15, 0.2) is 24.3 Å². The van der Waals surface area contributed by atoms with Gasteiger partial charge in [-0.2, -0.15) is 5.26 Å². The van der Waals surface area contributed by atoms with Crippen LogP contribution in [-0.4, -0.2) is 19.2 Å². The largest absolute Gasteiger partial charge is 0.462 e. The number of rotatable bonds is 4. The van der Waals surface area contributed by atoms with Gasteiger partial charge in [0.05, 0.1) is 23.2 Å². The first kappa shape index (κ1) is 17.0. The summed E-state index contributed by atoms with van der Waals surface area (Å²) < 4.78 is 10.9. The highest BCUT2D eigenvalue weighted by Crippen LogP contribution is 2.43. The number of carbonyl (C=O) groups excluding carboxylic acids is 1. The number of nitrogens with zero attached hydrogens (tertiary/aromatic N) is 1. The van der Waals surface area contributed by atoms with Crippen molar-refractivity contribution in [1.82, 2.24) is 0 Å². The lowest BCUT2D eigenvalue weighted by Crippen LogP contribution is -2.04. The molecule has 24 heavy (non-hydrogen) atoms. The van der Waals surface area contributed by atoms with Crippen molar-refractivity contribution in [2.24, 2.45) is 0 Å². The number of hydrogen-bond acceptors (Lipinski definition) is 5. The quantitative estimate of drug-likeness (QED) is 0.721. The molecule has 124 valence electrons. The van der Waals surface area contributed by atoms with Crippen LogP contribution >= 0.6 is 22.9 Å². The van der Waals surface area contributed by atoms with Crippen molar-refractivity contribution in [3.8, 4) is 17.2 Å². The van der Waals surface area contributed by atoms with Crippen LogP contribution in [0.1, 0.15) is 46.0 Å². The molecule has 0 aliphatic carbocycles. The number of hydrogen-bond donors (Lipinski definition) is 0. The van der Waals surface area contributed by atoms with E-state index in [1.54, 1.807) is 19.1 Å². The topological polar surface area (TPSA) is 59.3 Å². The Balaban J connectivity index is 2.17.